The van der Waals surface area contributed by atoms with E-state index in [0.717, 1.165) is 56.7 Å². The smallest absolute Gasteiger partial charge is 0.240 e. The molecule has 1 unspecified atom stereocenters. The molecular weight excluding hydrogens is 355 g/mol. The number of nitrogens with one attached hydrogen (secondary N) is 1. The molecule has 1 aromatic carbocycles. The molecule has 148 valence electrons. The summed E-state index contributed by atoms with van der Waals surface area (Å²) in [5.74, 6) is -0.0781. The van der Waals surface area contributed by atoms with Crippen molar-refractivity contribution < 1.29 is 9.18 Å². The minimum Gasteiger partial charge on any atom is -0.337 e. The number of pyridine rings is 1. The maximum Gasteiger partial charge on any atom is 0.240 e. The van der Waals surface area contributed by atoms with E-state index in [-0.39, 0.29) is 17.8 Å². The summed E-state index contributed by atoms with van der Waals surface area (Å²) in [5.41, 5.74) is 2.08. The monoisotopic (exact) mass is 382 g/mol. The molecule has 1 amide bonds. The second-order valence-corrected chi connectivity index (χ2v) is 7.77. The summed E-state index contributed by atoms with van der Waals surface area (Å²) in [5, 5.41) is 3.58. The SMILES string of the molecule is O=C1C(NC2CCN(Cc3ccccn3)CC2)CCN1Cc1ccc(F)cc1. The summed E-state index contributed by atoms with van der Waals surface area (Å²) >= 11 is 0. The number of hydrogen-bond acceptors (Lipinski definition) is 4. The highest BCUT2D eigenvalue weighted by atomic mass is 19.1. The van der Waals surface area contributed by atoms with Crippen LogP contribution in [0.1, 0.15) is 30.5 Å². The van der Waals surface area contributed by atoms with Crippen LogP contribution >= 0.6 is 0 Å². The third-order valence-corrected chi connectivity index (χ3v) is 5.72. The predicted molar refractivity (Wildman–Crippen MR) is 106 cm³/mol. The van der Waals surface area contributed by atoms with E-state index in [1.165, 1.54) is 12.1 Å². The maximum atomic E-state index is 13.1. The van der Waals surface area contributed by atoms with Crippen molar-refractivity contribution >= 4 is 5.91 Å². The Hall–Kier alpha value is -2.31. The largest absolute Gasteiger partial charge is 0.337 e. The van der Waals surface area contributed by atoms with Gasteiger partial charge in [-0.15, -0.1) is 0 Å². The van der Waals surface area contributed by atoms with Crippen LogP contribution < -0.4 is 5.32 Å². The highest BCUT2D eigenvalue weighted by molar-refractivity contribution is 5.84. The average molecular weight is 382 g/mol. The van der Waals surface area contributed by atoms with E-state index in [0.29, 0.717) is 12.6 Å². The lowest BCUT2D eigenvalue weighted by atomic mass is 10.0. The summed E-state index contributed by atoms with van der Waals surface area (Å²) in [7, 11) is 0. The lowest BCUT2D eigenvalue weighted by Crippen LogP contribution is -2.48. The minimum absolute atomic E-state index is 0.0900. The Morgan fingerprint density at radius 1 is 1.00 bits per heavy atom. The molecular formula is C22H27FN4O. The summed E-state index contributed by atoms with van der Waals surface area (Å²) < 4.78 is 13.1. The van der Waals surface area contributed by atoms with Gasteiger partial charge in [-0.2, -0.15) is 0 Å². The van der Waals surface area contributed by atoms with Gasteiger partial charge in [0, 0.05) is 45.0 Å². The Kier molecular flexibility index (Phi) is 5.98. The van der Waals surface area contributed by atoms with Crippen LogP contribution in [0.4, 0.5) is 4.39 Å². The van der Waals surface area contributed by atoms with Crippen molar-refractivity contribution in [3.63, 3.8) is 0 Å². The number of benzene rings is 1. The van der Waals surface area contributed by atoms with Crippen molar-refractivity contribution in [3.05, 3.63) is 65.7 Å². The zero-order valence-corrected chi connectivity index (χ0v) is 16.1. The fourth-order valence-corrected chi connectivity index (χ4v) is 4.12. The molecule has 0 spiro atoms. The third-order valence-electron chi connectivity index (χ3n) is 5.72. The number of rotatable bonds is 6. The van der Waals surface area contributed by atoms with Gasteiger partial charge < -0.3 is 10.2 Å². The number of hydrogen-bond donors (Lipinski definition) is 1. The Bertz CT molecular complexity index is 775. The zero-order chi connectivity index (χ0) is 19.3. The van der Waals surface area contributed by atoms with Gasteiger partial charge in [-0.3, -0.25) is 14.7 Å². The van der Waals surface area contributed by atoms with Crippen LogP contribution in [0.3, 0.4) is 0 Å². The molecule has 0 radical (unpaired) electrons. The van der Waals surface area contributed by atoms with Crippen molar-refractivity contribution in [1.82, 2.24) is 20.1 Å². The number of carbonyl (C=O) groups is 1. The second kappa shape index (κ2) is 8.80. The van der Waals surface area contributed by atoms with Gasteiger partial charge in [0.05, 0.1) is 11.7 Å². The van der Waals surface area contributed by atoms with E-state index < -0.39 is 0 Å². The molecule has 4 rings (SSSR count). The van der Waals surface area contributed by atoms with Crippen molar-refractivity contribution in [2.24, 2.45) is 0 Å². The number of likely N-dealkylation sites (tertiary alicyclic amines) is 2. The summed E-state index contributed by atoms with van der Waals surface area (Å²) in [6.07, 6.45) is 4.78. The van der Waals surface area contributed by atoms with Gasteiger partial charge >= 0.3 is 0 Å². The normalized spacial score (nSPS) is 21.4. The molecule has 5 nitrogen and oxygen atoms in total. The van der Waals surface area contributed by atoms with Gasteiger partial charge in [0.2, 0.25) is 5.91 Å². The standard InChI is InChI=1S/C22H27FN4O/c23-18-6-4-17(5-7-18)15-27-14-10-21(22(27)28)25-19-8-12-26(13-9-19)16-20-3-1-2-11-24-20/h1-7,11,19,21,25H,8-10,12-16H2. The lowest BCUT2D eigenvalue weighted by Gasteiger charge is -2.33. The molecule has 0 bridgehead atoms. The Labute approximate surface area is 165 Å². The first kappa shape index (κ1) is 19.0. The molecule has 2 aliphatic heterocycles. The van der Waals surface area contributed by atoms with E-state index in [4.69, 9.17) is 0 Å². The molecule has 28 heavy (non-hydrogen) atoms. The number of amides is 1. The van der Waals surface area contributed by atoms with Gasteiger partial charge in [-0.1, -0.05) is 18.2 Å². The van der Waals surface area contributed by atoms with Gasteiger partial charge in [0.25, 0.3) is 0 Å². The topological polar surface area (TPSA) is 48.5 Å². The molecule has 1 N–H and O–H groups in total. The molecule has 2 aromatic rings. The second-order valence-electron chi connectivity index (χ2n) is 7.77. The van der Waals surface area contributed by atoms with Crippen LogP contribution in [0.15, 0.2) is 48.7 Å². The van der Waals surface area contributed by atoms with E-state index in [9.17, 15) is 9.18 Å². The molecule has 0 aliphatic carbocycles. The van der Waals surface area contributed by atoms with Crippen LogP contribution in [0.2, 0.25) is 0 Å². The summed E-state index contributed by atoms with van der Waals surface area (Å²) in [4.78, 5) is 21.4. The summed E-state index contributed by atoms with van der Waals surface area (Å²) in [6, 6.07) is 12.7. The molecule has 2 fully saturated rings. The van der Waals surface area contributed by atoms with E-state index in [2.05, 4.69) is 21.3 Å². The number of carbonyl (C=O) groups excluding carboxylic acids is 1. The van der Waals surface area contributed by atoms with Crippen molar-refractivity contribution in [2.45, 2.75) is 44.4 Å². The minimum atomic E-state index is -0.245. The molecule has 2 aliphatic rings. The first-order valence-electron chi connectivity index (χ1n) is 10.1. The van der Waals surface area contributed by atoms with Crippen molar-refractivity contribution in [2.75, 3.05) is 19.6 Å². The number of piperidine rings is 1. The summed E-state index contributed by atoms with van der Waals surface area (Å²) in [6.45, 7) is 4.25. The van der Waals surface area contributed by atoms with Gasteiger partial charge in [-0.25, -0.2) is 4.39 Å². The Morgan fingerprint density at radius 3 is 2.50 bits per heavy atom. The van der Waals surface area contributed by atoms with Crippen molar-refractivity contribution in [1.29, 1.82) is 0 Å². The van der Waals surface area contributed by atoms with Crippen molar-refractivity contribution in [3.8, 4) is 0 Å². The van der Waals surface area contributed by atoms with Gasteiger partial charge in [0.1, 0.15) is 5.82 Å². The maximum absolute atomic E-state index is 13.1. The van der Waals surface area contributed by atoms with Crippen LogP contribution in [0.25, 0.3) is 0 Å². The predicted octanol–water partition coefficient (Wildman–Crippen LogP) is 2.58. The quantitative estimate of drug-likeness (QED) is 0.834. The lowest BCUT2D eigenvalue weighted by molar-refractivity contribution is -0.130. The average Bonchev–Trinajstić information content (AvgIpc) is 3.05. The van der Waals surface area contributed by atoms with E-state index >= 15 is 0 Å². The van der Waals surface area contributed by atoms with E-state index in [1.807, 2.05) is 23.2 Å². The van der Waals surface area contributed by atoms with Crippen LogP contribution in [-0.2, 0) is 17.9 Å². The molecule has 3 heterocycles. The zero-order valence-electron chi connectivity index (χ0n) is 16.1. The van der Waals surface area contributed by atoms with E-state index in [1.54, 1.807) is 12.1 Å². The van der Waals surface area contributed by atoms with Gasteiger partial charge in [0.15, 0.2) is 0 Å². The number of nitrogens with zero attached hydrogens (tertiary/aromatic N) is 3. The first-order valence-corrected chi connectivity index (χ1v) is 10.1. The highest BCUT2D eigenvalue weighted by Gasteiger charge is 2.33. The Morgan fingerprint density at radius 2 is 1.79 bits per heavy atom. The number of halogens is 1. The van der Waals surface area contributed by atoms with Crippen LogP contribution in [-0.4, -0.2) is 52.4 Å². The fourth-order valence-electron chi connectivity index (χ4n) is 4.12. The molecule has 1 aromatic heterocycles. The van der Waals surface area contributed by atoms with Gasteiger partial charge in [-0.05, 0) is 49.1 Å². The molecule has 0 saturated carbocycles. The first-order chi connectivity index (χ1) is 13.7. The fraction of sp³-hybridized carbons (Fsp3) is 0.455. The van der Waals surface area contributed by atoms with Crippen LogP contribution in [0, 0.1) is 5.82 Å². The molecule has 1 atom stereocenters. The Balaban J connectivity index is 1.23. The third kappa shape index (κ3) is 4.75. The molecule has 2 saturated heterocycles. The molecule has 6 heteroatoms. The highest BCUT2D eigenvalue weighted by Crippen LogP contribution is 2.19. The number of aromatic nitrogens is 1. The van der Waals surface area contributed by atoms with Crippen LogP contribution in [0.5, 0.6) is 0 Å².